The molecule has 0 unspecified atom stereocenters. The van der Waals surface area contributed by atoms with Crippen LogP contribution in [-0.4, -0.2) is 24.9 Å². The molecule has 14 heavy (non-hydrogen) atoms. The standard InChI is InChI=1S/C8H11N3O2S/c1-3-4-5-10-14(12,13)8-6-9-7(2)11-8/h6,10H,5H2,1-2H3,(H,9,11). The van der Waals surface area contributed by atoms with Crippen LogP contribution in [-0.2, 0) is 10.0 Å². The Morgan fingerprint density at radius 3 is 2.86 bits per heavy atom. The lowest BCUT2D eigenvalue weighted by Gasteiger charge is -1.99. The highest BCUT2D eigenvalue weighted by Gasteiger charge is 2.14. The molecule has 1 heterocycles. The molecule has 1 rings (SSSR count). The van der Waals surface area contributed by atoms with Gasteiger partial charge in [-0.1, -0.05) is 5.92 Å². The molecule has 0 aliphatic rings. The van der Waals surface area contributed by atoms with Gasteiger partial charge in [-0.2, -0.15) is 4.72 Å². The number of nitrogens with one attached hydrogen (secondary N) is 2. The molecule has 0 spiro atoms. The maximum absolute atomic E-state index is 11.5. The van der Waals surface area contributed by atoms with E-state index in [4.69, 9.17) is 0 Å². The average Bonchev–Trinajstić information content (AvgIpc) is 2.53. The van der Waals surface area contributed by atoms with Gasteiger partial charge in [0.05, 0.1) is 12.7 Å². The minimum atomic E-state index is -3.48. The Labute approximate surface area is 83.0 Å². The lowest BCUT2D eigenvalue weighted by molar-refractivity contribution is 0.582. The van der Waals surface area contributed by atoms with Crippen LogP contribution in [0.1, 0.15) is 12.7 Å². The summed E-state index contributed by atoms with van der Waals surface area (Å²) in [6.45, 7) is 3.44. The van der Waals surface area contributed by atoms with Crippen molar-refractivity contribution in [2.75, 3.05) is 6.54 Å². The van der Waals surface area contributed by atoms with Gasteiger partial charge in [-0.25, -0.2) is 13.4 Å². The van der Waals surface area contributed by atoms with Crippen LogP contribution in [0.5, 0.6) is 0 Å². The number of rotatable bonds is 3. The minimum absolute atomic E-state index is 0.0629. The van der Waals surface area contributed by atoms with E-state index in [-0.39, 0.29) is 11.6 Å². The summed E-state index contributed by atoms with van der Waals surface area (Å²) >= 11 is 0. The predicted molar refractivity (Wildman–Crippen MR) is 52.0 cm³/mol. The molecule has 0 aliphatic heterocycles. The molecule has 76 valence electrons. The van der Waals surface area contributed by atoms with E-state index in [9.17, 15) is 8.42 Å². The third kappa shape index (κ3) is 2.58. The summed E-state index contributed by atoms with van der Waals surface area (Å²) in [5.41, 5.74) is 0. The van der Waals surface area contributed by atoms with Crippen LogP contribution < -0.4 is 4.72 Å². The molecule has 5 nitrogen and oxygen atoms in total. The highest BCUT2D eigenvalue weighted by molar-refractivity contribution is 7.89. The first kappa shape index (κ1) is 10.8. The van der Waals surface area contributed by atoms with Crippen molar-refractivity contribution in [1.82, 2.24) is 14.7 Å². The van der Waals surface area contributed by atoms with Crippen LogP contribution >= 0.6 is 0 Å². The van der Waals surface area contributed by atoms with Crippen molar-refractivity contribution in [1.29, 1.82) is 0 Å². The summed E-state index contributed by atoms with van der Waals surface area (Å²) in [6, 6.07) is 0. The number of nitrogens with zero attached hydrogens (tertiary/aromatic N) is 1. The zero-order valence-corrected chi connectivity index (χ0v) is 8.77. The van der Waals surface area contributed by atoms with Crippen molar-refractivity contribution in [3.8, 4) is 11.8 Å². The van der Waals surface area contributed by atoms with Gasteiger partial charge in [0.1, 0.15) is 5.82 Å². The number of aryl methyl sites for hydroxylation is 1. The van der Waals surface area contributed by atoms with Crippen LogP contribution in [0, 0.1) is 18.8 Å². The van der Waals surface area contributed by atoms with E-state index in [2.05, 4.69) is 26.5 Å². The number of imidazole rings is 1. The van der Waals surface area contributed by atoms with Gasteiger partial charge < -0.3 is 4.98 Å². The zero-order valence-electron chi connectivity index (χ0n) is 7.96. The average molecular weight is 213 g/mol. The fourth-order valence-electron chi connectivity index (χ4n) is 0.832. The lowest BCUT2D eigenvalue weighted by Crippen LogP contribution is -2.24. The third-order valence-electron chi connectivity index (χ3n) is 1.50. The monoisotopic (exact) mass is 213 g/mol. The van der Waals surface area contributed by atoms with Crippen LogP contribution in [0.15, 0.2) is 11.2 Å². The molecule has 0 saturated heterocycles. The van der Waals surface area contributed by atoms with Gasteiger partial charge in [0.15, 0.2) is 5.03 Å². The fraction of sp³-hybridized carbons (Fsp3) is 0.375. The number of hydrogen-bond acceptors (Lipinski definition) is 3. The molecule has 1 aromatic rings. The summed E-state index contributed by atoms with van der Waals surface area (Å²) in [6.07, 6.45) is 1.27. The molecular formula is C8H11N3O2S. The van der Waals surface area contributed by atoms with Crippen molar-refractivity contribution in [2.45, 2.75) is 18.9 Å². The second-order valence-electron chi connectivity index (χ2n) is 2.58. The third-order valence-corrected chi connectivity index (χ3v) is 2.81. The van der Waals surface area contributed by atoms with E-state index in [0.29, 0.717) is 5.82 Å². The summed E-state index contributed by atoms with van der Waals surface area (Å²) in [7, 11) is -3.48. The topological polar surface area (TPSA) is 74.8 Å². The highest BCUT2D eigenvalue weighted by atomic mass is 32.2. The SMILES string of the molecule is CC#CCNS(=O)(=O)c1cnc(C)[nH]1. The van der Waals surface area contributed by atoms with Crippen molar-refractivity contribution in [3.63, 3.8) is 0 Å². The van der Waals surface area contributed by atoms with Gasteiger partial charge in [0.2, 0.25) is 0 Å². The summed E-state index contributed by atoms with van der Waals surface area (Å²) in [5.74, 6) is 5.76. The Kier molecular flexibility index (Phi) is 3.28. The number of sulfonamides is 1. The smallest absolute Gasteiger partial charge is 0.258 e. The highest BCUT2D eigenvalue weighted by Crippen LogP contribution is 2.03. The van der Waals surface area contributed by atoms with Crippen molar-refractivity contribution >= 4 is 10.0 Å². The molecule has 1 aromatic heterocycles. The number of aromatic nitrogens is 2. The molecule has 0 atom stereocenters. The molecule has 6 heteroatoms. The van der Waals surface area contributed by atoms with E-state index in [1.807, 2.05) is 0 Å². The Balaban J connectivity index is 2.79. The molecule has 0 aromatic carbocycles. The Bertz CT molecular complexity index is 464. The summed E-state index contributed by atoms with van der Waals surface area (Å²) in [5, 5.41) is 0.0629. The van der Waals surface area contributed by atoms with E-state index < -0.39 is 10.0 Å². The minimum Gasteiger partial charge on any atom is -0.332 e. The molecule has 0 bridgehead atoms. The lowest BCUT2D eigenvalue weighted by atomic mass is 10.6. The largest absolute Gasteiger partial charge is 0.332 e. The first-order valence-corrected chi connectivity index (χ1v) is 5.45. The van der Waals surface area contributed by atoms with Gasteiger partial charge in [0.25, 0.3) is 10.0 Å². The number of hydrogen-bond donors (Lipinski definition) is 2. The van der Waals surface area contributed by atoms with Gasteiger partial charge in [0, 0.05) is 0 Å². The zero-order chi connectivity index (χ0) is 10.6. The summed E-state index contributed by atoms with van der Waals surface area (Å²) in [4.78, 5) is 6.43. The molecular weight excluding hydrogens is 202 g/mol. The van der Waals surface area contributed by atoms with E-state index in [1.165, 1.54) is 6.20 Å². The van der Waals surface area contributed by atoms with E-state index in [1.54, 1.807) is 13.8 Å². The maximum atomic E-state index is 11.5. The van der Waals surface area contributed by atoms with Gasteiger partial charge in [-0.05, 0) is 13.8 Å². The van der Waals surface area contributed by atoms with Crippen LogP contribution in [0.3, 0.4) is 0 Å². The van der Waals surface area contributed by atoms with E-state index in [0.717, 1.165) is 0 Å². The number of aromatic amines is 1. The molecule has 0 saturated carbocycles. The maximum Gasteiger partial charge on any atom is 0.258 e. The quantitative estimate of drug-likeness (QED) is 0.695. The molecule has 0 fully saturated rings. The van der Waals surface area contributed by atoms with Crippen molar-refractivity contribution in [3.05, 3.63) is 12.0 Å². The Morgan fingerprint density at radius 1 is 1.64 bits per heavy atom. The summed E-state index contributed by atoms with van der Waals surface area (Å²) < 4.78 is 25.3. The van der Waals surface area contributed by atoms with Gasteiger partial charge >= 0.3 is 0 Å². The van der Waals surface area contributed by atoms with Crippen molar-refractivity contribution < 1.29 is 8.42 Å². The number of H-pyrrole nitrogens is 1. The van der Waals surface area contributed by atoms with Crippen LogP contribution in [0.25, 0.3) is 0 Å². The van der Waals surface area contributed by atoms with Crippen molar-refractivity contribution in [2.24, 2.45) is 0 Å². The molecule has 0 radical (unpaired) electrons. The Morgan fingerprint density at radius 2 is 2.36 bits per heavy atom. The van der Waals surface area contributed by atoms with E-state index >= 15 is 0 Å². The van der Waals surface area contributed by atoms with Crippen LogP contribution in [0.2, 0.25) is 0 Å². The molecule has 0 amide bonds. The van der Waals surface area contributed by atoms with Gasteiger partial charge in [-0.15, -0.1) is 5.92 Å². The second kappa shape index (κ2) is 4.26. The predicted octanol–water partition coefficient (Wildman–Crippen LogP) is 0.0197. The fourth-order valence-corrected chi connectivity index (χ4v) is 1.72. The Hall–Kier alpha value is -1.32. The normalized spacial score (nSPS) is 10.7. The molecule has 2 N–H and O–H groups in total. The molecule has 0 aliphatic carbocycles. The first-order chi connectivity index (χ1) is 6.56. The van der Waals surface area contributed by atoms with Crippen LogP contribution in [0.4, 0.5) is 0 Å². The first-order valence-electron chi connectivity index (χ1n) is 3.97. The second-order valence-corrected chi connectivity index (χ2v) is 4.32. The van der Waals surface area contributed by atoms with Gasteiger partial charge in [-0.3, -0.25) is 0 Å².